The number of rotatable bonds is 2. The molecule has 0 saturated carbocycles. The molecular formula is C28H29Cl3N2O4S7+2. The molecule has 5 heterocycles. The summed E-state index contributed by atoms with van der Waals surface area (Å²) in [6.45, 7) is 4.61. The maximum absolute atomic E-state index is 8.83. The molecule has 3 fully saturated rings. The molecule has 3 aliphatic rings. The summed E-state index contributed by atoms with van der Waals surface area (Å²) < 4.78 is 39.0. The molecule has 7 rings (SSSR count). The SMILES string of the molecule is Clc1ccc(-c2cc(=[N+]3CCC4(CC3)SSC3(CC[N+](=c5cc(-c6ccc(Cl)cc6)ss5)CC3)S4)ss2)cc1.[O-][Cl+](O)(O)O. The monoisotopic (exact) mass is 786 g/mol. The summed E-state index contributed by atoms with van der Waals surface area (Å²) in [6, 6.07) is 21.2. The van der Waals surface area contributed by atoms with Crippen LogP contribution < -0.4 is 23.2 Å². The molecule has 3 aliphatic heterocycles. The van der Waals surface area contributed by atoms with Gasteiger partial charge in [0.15, 0.2) is 0 Å². The fourth-order valence-corrected chi connectivity index (χ4v) is 17.6. The third kappa shape index (κ3) is 8.48. The van der Waals surface area contributed by atoms with Crippen LogP contribution in [0.5, 0.6) is 0 Å². The molecule has 2 aromatic carbocycles. The summed E-state index contributed by atoms with van der Waals surface area (Å²) in [6.07, 6.45) is 5.04. The molecule has 6 nitrogen and oxygen atoms in total. The number of hydrogen-bond acceptors (Lipinski definition) is 11. The molecule has 16 heteroatoms. The van der Waals surface area contributed by atoms with Crippen LogP contribution in [0.15, 0.2) is 60.7 Å². The Morgan fingerprint density at radius 1 is 0.614 bits per heavy atom. The number of hydrogen-bond donors (Lipinski definition) is 3. The number of piperidine rings is 2. The number of halogens is 3. The van der Waals surface area contributed by atoms with E-state index < -0.39 is 10.2 Å². The summed E-state index contributed by atoms with van der Waals surface area (Å²) in [4.78, 5) is 2.68. The van der Waals surface area contributed by atoms with Crippen molar-refractivity contribution in [2.75, 3.05) is 26.2 Å². The predicted molar refractivity (Wildman–Crippen MR) is 189 cm³/mol. The van der Waals surface area contributed by atoms with Crippen molar-refractivity contribution in [1.29, 1.82) is 0 Å². The molecule has 44 heavy (non-hydrogen) atoms. The van der Waals surface area contributed by atoms with Crippen LogP contribution in [0.4, 0.5) is 0 Å². The van der Waals surface area contributed by atoms with Crippen LogP contribution in [-0.4, -0.2) is 48.3 Å². The van der Waals surface area contributed by atoms with Crippen LogP contribution in [-0.2, 0) is 0 Å². The topological polar surface area (TPSA) is 89.8 Å². The number of benzene rings is 2. The quantitative estimate of drug-likeness (QED) is 0.168. The predicted octanol–water partition coefficient (Wildman–Crippen LogP) is 6.07. The van der Waals surface area contributed by atoms with Crippen molar-refractivity contribution in [2.24, 2.45) is 0 Å². The van der Waals surface area contributed by atoms with Crippen molar-refractivity contribution >= 4 is 97.9 Å². The van der Waals surface area contributed by atoms with Gasteiger partial charge in [0.2, 0.25) is 0 Å². The van der Waals surface area contributed by atoms with Gasteiger partial charge in [-0.25, -0.2) is 9.15 Å². The summed E-state index contributed by atoms with van der Waals surface area (Å²) in [5, 5.41) is 1.59. The molecular weight excluding hydrogens is 759 g/mol. The van der Waals surface area contributed by atoms with E-state index in [4.69, 9.17) is 41.8 Å². The first-order chi connectivity index (χ1) is 21.0. The van der Waals surface area contributed by atoms with E-state index in [9.17, 15) is 0 Å². The molecule has 236 valence electrons. The van der Waals surface area contributed by atoms with Crippen molar-refractivity contribution in [3.05, 3.63) is 80.1 Å². The van der Waals surface area contributed by atoms with Gasteiger partial charge in [-0.2, -0.15) is 0 Å². The van der Waals surface area contributed by atoms with E-state index in [0.717, 1.165) is 36.2 Å². The normalized spacial score (nSPS) is 24.0. The maximum atomic E-state index is 8.83. The Morgan fingerprint density at radius 3 is 1.30 bits per heavy atom. The first kappa shape index (κ1) is 33.8. The average Bonchev–Trinajstić information content (AvgIpc) is 3.75. The van der Waals surface area contributed by atoms with Gasteiger partial charge >= 0.3 is 28.9 Å². The fourth-order valence-electron chi connectivity index (χ4n) is 5.31. The van der Waals surface area contributed by atoms with E-state index in [0.29, 0.717) is 8.16 Å². The Balaban J connectivity index is 0.000000637. The second-order valence-corrected chi connectivity index (χ2v) is 21.8. The van der Waals surface area contributed by atoms with Crippen LogP contribution >= 0.6 is 97.9 Å². The van der Waals surface area contributed by atoms with E-state index in [-0.39, 0.29) is 0 Å². The molecule has 0 atom stereocenters. The van der Waals surface area contributed by atoms with Crippen LogP contribution in [0, 0.1) is 10.2 Å². The first-order valence-corrected chi connectivity index (χ1v) is 22.9. The number of nitrogens with zero attached hydrogens (tertiary/aromatic N) is 2. The summed E-state index contributed by atoms with van der Waals surface area (Å²) in [5.41, 5.74) is 2.52. The molecule has 2 spiro atoms. The van der Waals surface area contributed by atoms with Gasteiger partial charge in [0.05, 0.1) is 17.9 Å². The molecule has 0 radical (unpaired) electrons. The van der Waals surface area contributed by atoms with Crippen LogP contribution in [0.25, 0.3) is 20.9 Å². The first-order valence-electron chi connectivity index (χ1n) is 13.6. The minimum atomic E-state index is -4.19. The average molecular weight is 788 g/mol. The molecule has 0 unspecified atom stereocenters. The standard InChI is InChI=1S/C28H26Cl2N2S7.ClH3O4/c29-21-5-1-19(2-6-21)23-17-25(35-33-23)31-13-9-27(10-14-31)37-28(39-38-27)11-15-32(16-12-28)26-18-24(34-36-26)20-3-7-22(30)8-4-20;2-1(3,4)5/h1-8,17-18H,9-16H2;2-4H/q+2;. The van der Waals surface area contributed by atoms with Gasteiger partial charge in [-0.05, 0) is 56.1 Å². The van der Waals surface area contributed by atoms with Crippen LogP contribution in [0.1, 0.15) is 25.7 Å². The Labute approximate surface area is 294 Å². The molecule has 4 aromatic rings. The fraction of sp³-hybridized carbons (Fsp3) is 0.357. The second kappa shape index (κ2) is 14.2. The zero-order valence-corrected chi connectivity index (χ0v) is 31.0. The van der Waals surface area contributed by atoms with Crippen molar-refractivity contribution in [1.82, 2.24) is 9.15 Å². The van der Waals surface area contributed by atoms with Crippen LogP contribution in [0.2, 0.25) is 10.0 Å². The molecule has 0 aliphatic carbocycles. The molecule has 2 aromatic heterocycles. The summed E-state index contributed by atoms with van der Waals surface area (Å²) >= 11 is 14.5. The third-order valence-corrected chi connectivity index (χ3v) is 19.9. The van der Waals surface area contributed by atoms with Gasteiger partial charge < -0.3 is 0 Å². The molecule has 3 saturated heterocycles. The van der Waals surface area contributed by atoms with E-state index in [1.165, 1.54) is 55.9 Å². The Morgan fingerprint density at radius 2 is 0.955 bits per heavy atom. The van der Waals surface area contributed by atoms with Gasteiger partial charge in [-0.3, -0.25) is 0 Å². The Kier molecular flexibility index (Phi) is 10.9. The van der Waals surface area contributed by atoms with Crippen molar-refractivity contribution in [2.45, 2.75) is 33.8 Å². The molecule has 0 bridgehead atoms. The van der Waals surface area contributed by atoms with Gasteiger partial charge in [-0.15, -0.1) is 11.8 Å². The summed E-state index contributed by atoms with van der Waals surface area (Å²) in [5.74, 6) is 0. The van der Waals surface area contributed by atoms with E-state index >= 15 is 0 Å². The van der Waals surface area contributed by atoms with E-state index in [1.807, 2.05) is 65.6 Å². The van der Waals surface area contributed by atoms with E-state index in [1.54, 1.807) is 0 Å². The van der Waals surface area contributed by atoms with Crippen molar-refractivity contribution in [3.8, 4) is 20.9 Å². The van der Waals surface area contributed by atoms with Crippen LogP contribution in [0.3, 0.4) is 0 Å². The molecule has 0 amide bonds. The van der Waals surface area contributed by atoms with Gasteiger partial charge in [0.1, 0.15) is 26.2 Å². The zero-order chi connectivity index (χ0) is 31.0. The summed E-state index contributed by atoms with van der Waals surface area (Å²) in [7, 11) is 7.77. The van der Waals surface area contributed by atoms with Gasteiger partial charge in [0, 0.05) is 47.9 Å². The Bertz CT molecular complexity index is 1600. The minimum absolute atomic E-state index is 0.371. The van der Waals surface area contributed by atoms with E-state index in [2.05, 4.69) is 78.9 Å². The molecule has 3 N–H and O–H groups in total. The van der Waals surface area contributed by atoms with Crippen molar-refractivity contribution < 1.29 is 28.9 Å². The third-order valence-electron chi connectivity index (χ3n) is 7.59. The van der Waals surface area contributed by atoms with Crippen molar-refractivity contribution in [3.63, 3.8) is 0 Å². The second-order valence-electron chi connectivity index (χ2n) is 10.5. The Hall–Kier alpha value is -0.1000. The number of thioether (sulfide) groups is 1. The van der Waals surface area contributed by atoms with Gasteiger partial charge in [-0.1, -0.05) is 89.7 Å². The zero-order valence-electron chi connectivity index (χ0n) is 23.1. The van der Waals surface area contributed by atoms with Gasteiger partial charge in [0.25, 0.3) is 9.34 Å².